The minimum Gasteiger partial charge on any atom is -0.399 e. The number of nitrogens with one attached hydrogen (secondary N) is 1. The molecule has 2 aromatic rings. The zero-order valence-electron chi connectivity index (χ0n) is 12.1. The van der Waals surface area contributed by atoms with Crippen LogP contribution in [0.15, 0.2) is 42.2 Å². The Morgan fingerprint density at radius 1 is 1.00 bits per heavy atom. The monoisotopic (exact) mass is 401 g/mol. The lowest BCUT2D eigenvalue weighted by Crippen LogP contribution is -2.20. The highest BCUT2D eigenvalue weighted by Crippen LogP contribution is 2.39. The summed E-state index contributed by atoms with van der Waals surface area (Å²) < 4.78 is 0. The van der Waals surface area contributed by atoms with E-state index in [2.05, 4.69) is 5.32 Å². The molecule has 0 saturated heterocycles. The number of carbonyl (C=O) groups excluding carboxylic acids is 1. The smallest absolute Gasteiger partial charge is 0.237 e. The van der Waals surface area contributed by atoms with Crippen molar-refractivity contribution in [3.8, 4) is 0 Å². The first-order valence-electron chi connectivity index (χ1n) is 6.84. The molecule has 1 heterocycles. The Morgan fingerprint density at radius 3 is 2.33 bits per heavy atom. The van der Waals surface area contributed by atoms with Crippen LogP contribution in [0.2, 0.25) is 20.1 Å². The van der Waals surface area contributed by atoms with Crippen molar-refractivity contribution < 1.29 is 4.79 Å². The van der Waals surface area contributed by atoms with E-state index in [0.717, 1.165) is 0 Å². The van der Waals surface area contributed by atoms with Gasteiger partial charge in [-0.15, -0.1) is 0 Å². The molecule has 3 N–H and O–H groups in total. The summed E-state index contributed by atoms with van der Waals surface area (Å²) in [5.74, 6) is -0.177. The van der Waals surface area contributed by atoms with Gasteiger partial charge in [0.15, 0.2) is 0 Å². The Morgan fingerprint density at radius 2 is 1.67 bits per heavy atom. The van der Waals surface area contributed by atoms with Gasteiger partial charge in [-0.05, 0) is 30.3 Å². The number of halogens is 4. The molecule has 4 nitrogen and oxygen atoms in total. The normalized spacial score (nSPS) is 14.1. The summed E-state index contributed by atoms with van der Waals surface area (Å²) in [7, 11) is 0. The van der Waals surface area contributed by atoms with Crippen LogP contribution in [0.4, 0.5) is 17.1 Å². The molecule has 1 amide bonds. The van der Waals surface area contributed by atoms with Crippen molar-refractivity contribution in [3.63, 3.8) is 0 Å². The third-order valence-electron chi connectivity index (χ3n) is 3.40. The zero-order valence-corrected chi connectivity index (χ0v) is 15.1. The Labute approximate surface area is 158 Å². The molecule has 8 heteroatoms. The molecule has 124 valence electrons. The standard InChI is InChI=1S/C16H11Cl4N3O/c17-8-3-12(19)16(13(20)4-8)23-7-10(6-15(23)24)22-14-5-9(21)1-2-11(14)18/h1-5,7,22H,6,21H2. The molecule has 0 bridgehead atoms. The lowest BCUT2D eigenvalue weighted by atomic mass is 10.2. The van der Waals surface area contributed by atoms with E-state index >= 15 is 0 Å². The lowest BCUT2D eigenvalue weighted by molar-refractivity contribution is -0.116. The molecular weight excluding hydrogens is 392 g/mol. The first kappa shape index (κ1) is 17.2. The highest BCUT2D eigenvalue weighted by molar-refractivity contribution is 6.42. The minimum atomic E-state index is -0.177. The second kappa shape index (κ2) is 6.73. The molecule has 0 saturated carbocycles. The topological polar surface area (TPSA) is 58.4 Å². The van der Waals surface area contributed by atoms with Crippen molar-refractivity contribution >= 4 is 69.4 Å². The van der Waals surface area contributed by atoms with Crippen LogP contribution < -0.4 is 16.0 Å². The summed E-state index contributed by atoms with van der Waals surface area (Å²) in [4.78, 5) is 13.7. The molecular formula is C16H11Cl4N3O. The van der Waals surface area contributed by atoms with Gasteiger partial charge in [0, 0.05) is 22.6 Å². The van der Waals surface area contributed by atoms with Gasteiger partial charge < -0.3 is 11.1 Å². The Kier molecular flexibility index (Phi) is 4.83. The number of carbonyl (C=O) groups is 1. The quantitative estimate of drug-likeness (QED) is 0.659. The number of amides is 1. The van der Waals surface area contributed by atoms with Crippen LogP contribution in [0, 0.1) is 0 Å². The van der Waals surface area contributed by atoms with Crippen LogP contribution in [0.5, 0.6) is 0 Å². The second-order valence-electron chi connectivity index (χ2n) is 5.18. The van der Waals surface area contributed by atoms with Gasteiger partial charge in [0.1, 0.15) is 0 Å². The number of hydrogen-bond acceptors (Lipinski definition) is 3. The number of hydrogen-bond donors (Lipinski definition) is 2. The van der Waals surface area contributed by atoms with Crippen molar-refractivity contribution in [2.45, 2.75) is 6.42 Å². The number of benzene rings is 2. The summed E-state index contributed by atoms with van der Waals surface area (Å²) in [6, 6.07) is 8.14. The van der Waals surface area contributed by atoms with E-state index in [9.17, 15) is 4.79 Å². The summed E-state index contributed by atoms with van der Waals surface area (Å²) in [6.45, 7) is 0. The summed E-state index contributed by atoms with van der Waals surface area (Å²) in [5, 5.41) is 4.58. The second-order valence-corrected chi connectivity index (χ2v) is 6.84. The maximum absolute atomic E-state index is 12.3. The van der Waals surface area contributed by atoms with Gasteiger partial charge in [-0.25, -0.2) is 0 Å². The van der Waals surface area contributed by atoms with Crippen molar-refractivity contribution in [1.82, 2.24) is 0 Å². The number of nitrogens with zero attached hydrogens (tertiary/aromatic N) is 1. The number of nitrogen functional groups attached to an aromatic ring is 1. The molecule has 0 atom stereocenters. The van der Waals surface area contributed by atoms with Gasteiger partial charge in [-0.2, -0.15) is 0 Å². The third-order valence-corrected chi connectivity index (χ3v) is 4.53. The molecule has 24 heavy (non-hydrogen) atoms. The fraction of sp³-hybridized carbons (Fsp3) is 0.0625. The third kappa shape index (κ3) is 3.42. The summed E-state index contributed by atoms with van der Waals surface area (Å²) in [5.41, 5.74) is 7.98. The van der Waals surface area contributed by atoms with E-state index in [-0.39, 0.29) is 12.3 Å². The number of nitrogens with two attached hydrogens (primary N) is 1. The SMILES string of the molecule is Nc1ccc(Cl)c(NC2=CN(c3c(Cl)cc(Cl)cc3Cl)C(=O)C2)c1. The molecule has 1 aliphatic heterocycles. The predicted molar refractivity (Wildman–Crippen MR) is 101 cm³/mol. The molecule has 3 rings (SSSR count). The van der Waals surface area contributed by atoms with Gasteiger partial charge in [-0.1, -0.05) is 46.4 Å². The van der Waals surface area contributed by atoms with Crippen molar-refractivity contribution in [2.75, 3.05) is 16.0 Å². The highest BCUT2D eigenvalue weighted by atomic mass is 35.5. The predicted octanol–water partition coefficient (Wildman–Crippen LogP) is 5.57. The average Bonchev–Trinajstić information content (AvgIpc) is 2.82. The van der Waals surface area contributed by atoms with Crippen LogP contribution in [0.1, 0.15) is 6.42 Å². The van der Waals surface area contributed by atoms with E-state index < -0.39 is 0 Å². The molecule has 2 aromatic carbocycles. The largest absolute Gasteiger partial charge is 0.399 e. The molecule has 0 radical (unpaired) electrons. The zero-order chi connectivity index (χ0) is 17.4. The molecule has 0 spiro atoms. The fourth-order valence-electron chi connectivity index (χ4n) is 2.36. The van der Waals surface area contributed by atoms with Crippen LogP contribution in [0.3, 0.4) is 0 Å². The first-order chi connectivity index (χ1) is 11.3. The highest BCUT2D eigenvalue weighted by Gasteiger charge is 2.27. The summed E-state index contributed by atoms with van der Waals surface area (Å²) in [6.07, 6.45) is 1.78. The van der Waals surface area contributed by atoms with E-state index in [4.69, 9.17) is 52.1 Å². The number of anilines is 3. The van der Waals surface area contributed by atoms with Gasteiger partial charge in [0.2, 0.25) is 5.91 Å². The van der Waals surface area contributed by atoms with Gasteiger partial charge in [0.05, 0.1) is 32.9 Å². The molecule has 0 aliphatic carbocycles. The maximum Gasteiger partial charge on any atom is 0.237 e. The average molecular weight is 403 g/mol. The number of rotatable bonds is 3. The van der Waals surface area contributed by atoms with Crippen LogP contribution in [-0.4, -0.2) is 5.91 Å². The maximum atomic E-state index is 12.3. The van der Waals surface area contributed by atoms with E-state index in [1.165, 1.54) is 17.0 Å². The van der Waals surface area contributed by atoms with Crippen LogP contribution >= 0.6 is 46.4 Å². The molecule has 0 unspecified atom stereocenters. The Hall–Kier alpha value is -1.59. The van der Waals surface area contributed by atoms with E-state index in [1.807, 2.05) is 0 Å². The van der Waals surface area contributed by atoms with Gasteiger partial charge in [0.25, 0.3) is 0 Å². The molecule has 0 aromatic heterocycles. The van der Waals surface area contributed by atoms with Crippen molar-refractivity contribution in [2.24, 2.45) is 0 Å². The molecule has 0 fully saturated rings. The van der Waals surface area contributed by atoms with Crippen molar-refractivity contribution in [1.29, 1.82) is 0 Å². The van der Waals surface area contributed by atoms with Gasteiger partial charge in [-0.3, -0.25) is 9.69 Å². The van der Waals surface area contributed by atoms with Crippen LogP contribution in [0.25, 0.3) is 0 Å². The Balaban J connectivity index is 1.93. The first-order valence-corrected chi connectivity index (χ1v) is 8.35. The summed E-state index contributed by atoms with van der Waals surface area (Å²) >= 11 is 24.4. The molecule has 1 aliphatic rings. The fourth-order valence-corrected chi connectivity index (χ4v) is 3.53. The van der Waals surface area contributed by atoms with Crippen molar-refractivity contribution in [3.05, 3.63) is 62.3 Å². The van der Waals surface area contributed by atoms with E-state index in [1.54, 1.807) is 24.4 Å². The van der Waals surface area contributed by atoms with Crippen LogP contribution in [-0.2, 0) is 4.79 Å². The van der Waals surface area contributed by atoms with Gasteiger partial charge >= 0.3 is 0 Å². The van der Waals surface area contributed by atoms with E-state index in [0.29, 0.717) is 42.8 Å². The lowest BCUT2D eigenvalue weighted by Gasteiger charge is -2.17. The minimum absolute atomic E-state index is 0.153. The Bertz CT molecular complexity index is 843.